The minimum atomic E-state index is -0.343. The molecule has 2 aromatic carbocycles. The average molecular weight is 438 g/mol. The van der Waals surface area contributed by atoms with E-state index in [9.17, 15) is 9.18 Å². The monoisotopic (exact) mass is 438 g/mol. The number of carbonyl (C=O) groups excluding carboxylic acids is 1. The van der Waals surface area contributed by atoms with E-state index >= 15 is 0 Å². The number of rotatable bonds is 6. The third-order valence-electron chi connectivity index (χ3n) is 4.63. The summed E-state index contributed by atoms with van der Waals surface area (Å²) in [5, 5.41) is 15.6. The molecular formula is C21H19FN6O2S. The molecule has 0 atom stereocenters. The molecule has 0 aliphatic heterocycles. The maximum atomic E-state index is 13.1. The van der Waals surface area contributed by atoms with Crippen LogP contribution in [0.15, 0.2) is 52.1 Å². The largest absolute Gasteiger partial charge is 0.330 e. The molecule has 1 amide bonds. The molecule has 0 spiro atoms. The van der Waals surface area contributed by atoms with Gasteiger partial charge in [0.2, 0.25) is 17.6 Å². The number of anilines is 1. The summed E-state index contributed by atoms with van der Waals surface area (Å²) < 4.78 is 20.1. The van der Waals surface area contributed by atoms with Gasteiger partial charge < -0.3 is 14.4 Å². The Bertz CT molecular complexity index is 1210. The first-order valence-corrected chi connectivity index (χ1v) is 10.4. The first kappa shape index (κ1) is 20.7. The van der Waals surface area contributed by atoms with Crippen LogP contribution < -0.4 is 5.32 Å². The van der Waals surface area contributed by atoms with Crippen molar-refractivity contribution in [2.24, 2.45) is 7.05 Å². The zero-order valence-corrected chi connectivity index (χ0v) is 17.9. The second-order valence-corrected chi connectivity index (χ2v) is 7.84. The van der Waals surface area contributed by atoms with E-state index in [0.717, 1.165) is 16.8 Å². The van der Waals surface area contributed by atoms with Gasteiger partial charge >= 0.3 is 0 Å². The van der Waals surface area contributed by atoms with E-state index in [4.69, 9.17) is 4.52 Å². The molecule has 0 saturated carbocycles. The molecule has 0 radical (unpaired) electrons. The molecule has 1 N–H and O–H groups in total. The van der Waals surface area contributed by atoms with Gasteiger partial charge in [-0.15, -0.1) is 10.2 Å². The number of amides is 1. The highest BCUT2D eigenvalue weighted by atomic mass is 32.2. The van der Waals surface area contributed by atoms with Crippen molar-refractivity contribution in [1.29, 1.82) is 0 Å². The lowest BCUT2D eigenvalue weighted by molar-refractivity contribution is -0.113. The van der Waals surface area contributed by atoms with Gasteiger partial charge in [-0.25, -0.2) is 4.39 Å². The lowest BCUT2D eigenvalue weighted by atomic mass is 10.1. The first-order chi connectivity index (χ1) is 14.9. The summed E-state index contributed by atoms with van der Waals surface area (Å²) in [7, 11) is 1.75. The number of para-hydroxylation sites is 1. The zero-order chi connectivity index (χ0) is 22.0. The molecule has 8 nitrogen and oxygen atoms in total. The normalized spacial score (nSPS) is 11.0. The number of hydrogen-bond acceptors (Lipinski definition) is 7. The Morgan fingerprint density at radius 1 is 1.13 bits per heavy atom. The van der Waals surface area contributed by atoms with Crippen LogP contribution in [0.1, 0.15) is 11.1 Å². The van der Waals surface area contributed by atoms with Gasteiger partial charge in [-0.2, -0.15) is 4.98 Å². The van der Waals surface area contributed by atoms with E-state index < -0.39 is 0 Å². The summed E-state index contributed by atoms with van der Waals surface area (Å²) in [5.41, 5.74) is 3.46. The van der Waals surface area contributed by atoms with Crippen LogP contribution in [0.2, 0.25) is 0 Å². The number of benzene rings is 2. The molecule has 158 valence electrons. The Labute approximate surface area is 181 Å². The van der Waals surface area contributed by atoms with Gasteiger partial charge in [0.05, 0.1) is 5.75 Å². The number of hydrogen-bond donors (Lipinski definition) is 1. The molecular weight excluding hydrogens is 419 g/mol. The number of aryl methyl sites for hydroxylation is 2. The van der Waals surface area contributed by atoms with Crippen LogP contribution in [0, 0.1) is 19.7 Å². The molecule has 0 unspecified atom stereocenters. The molecule has 0 bridgehead atoms. The lowest BCUT2D eigenvalue weighted by Crippen LogP contribution is -2.16. The second-order valence-electron chi connectivity index (χ2n) is 6.90. The van der Waals surface area contributed by atoms with Crippen molar-refractivity contribution in [1.82, 2.24) is 24.9 Å². The van der Waals surface area contributed by atoms with Crippen LogP contribution in [-0.4, -0.2) is 36.6 Å². The minimum absolute atomic E-state index is 0.136. The van der Waals surface area contributed by atoms with Crippen molar-refractivity contribution in [3.8, 4) is 23.1 Å². The third kappa shape index (κ3) is 4.48. The Morgan fingerprint density at radius 2 is 1.84 bits per heavy atom. The van der Waals surface area contributed by atoms with Crippen molar-refractivity contribution in [2.45, 2.75) is 19.0 Å². The molecule has 10 heteroatoms. The summed E-state index contributed by atoms with van der Waals surface area (Å²) in [6, 6.07) is 11.6. The Balaban J connectivity index is 1.44. The third-order valence-corrected chi connectivity index (χ3v) is 5.65. The van der Waals surface area contributed by atoms with E-state index in [0.29, 0.717) is 22.4 Å². The van der Waals surface area contributed by atoms with Gasteiger partial charge in [0.15, 0.2) is 5.16 Å². The Morgan fingerprint density at radius 3 is 2.55 bits per heavy atom. The van der Waals surface area contributed by atoms with Crippen molar-refractivity contribution in [3.05, 3.63) is 59.4 Å². The molecule has 2 heterocycles. The Hall–Kier alpha value is -3.53. The Kier molecular flexibility index (Phi) is 5.81. The highest BCUT2D eigenvalue weighted by Crippen LogP contribution is 2.25. The van der Waals surface area contributed by atoms with Gasteiger partial charge in [-0.05, 0) is 49.2 Å². The molecule has 0 aliphatic carbocycles. The van der Waals surface area contributed by atoms with Crippen LogP contribution in [0.4, 0.5) is 10.1 Å². The van der Waals surface area contributed by atoms with Gasteiger partial charge in [0, 0.05) is 18.3 Å². The smallest absolute Gasteiger partial charge is 0.296 e. The zero-order valence-electron chi connectivity index (χ0n) is 17.1. The number of nitrogens with one attached hydrogen (secondary N) is 1. The van der Waals surface area contributed by atoms with Crippen molar-refractivity contribution in [2.75, 3.05) is 11.1 Å². The van der Waals surface area contributed by atoms with Gasteiger partial charge in [-0.3, -0.25) is 4.79 Å². The first-order valence-electron chi connectivity index (χ1n) is 9.40. The SMILES string of the molecule is Cc1cccc(C)c1NC(=O)CSc1nnc(-c2nc(-c3ccc(F)cc3)no2)n1C. The van der Waals surface area contributed by atoms with E-state index in [2.05, 4.69) is 25.7 Å². The van der Waals surface area contributed by atoms with Crippen molar-refractivity contribution >= 4 is 23.4 Å². The quantitative estimate of drug-likeness (QED) is 0.454. The van der Waals surface area contributed by atoms with Crippen LogP contribution in [0.3, 0.4) is 0 Å². The van der Waals surface area contributed by atoms with Crippen LogP contribution in [-0.2, 0) is 11.8 Å². The van der Waals surface area contributed by atoms with Crippen LogP contribution in [0.5, 0.6) is 0 Å². The van der Waals surface area contributed by atoms with E-state index in [1.54, 1.807) is 23.7 Å². The predicted octanol–water partition coefficient (Wildman–Crippen LogP) is 4.02. The number of thioether (sulfide) groups is 1. The van der Waals surface area contributed by atoms with Gasteiger partial charge in [0.25, 0.3) is 5.89 Å². The molecule has 4 rings (SSSR count). The molecule has 31 heavy (non-hydrogen) atoms. The summed E-state index contributed by atoms with van der Waals surface area (Å²) in [6.45, 7) is 3.91. The van der Waals surface area contributed by atoms with Crippen LogP contribution >= 0.6 is 11.8 Å². The summed E-state index contributed by atoms with van der Waals surface area (Å²) in [5.74, 6) is 0.567. The molecule has 0 fully saturated rings. The highest BCUT2D eigenvalue weighted by Gasteiger charge is 2.19. The molecule has 2 aromatic heterocycles. The fourth-order valence-electron chi connectivity index (χ4n) is 2.97. The maximum absolute atomic E-state index is 13.1. The predicted molar refractivity (Wildman–Crippen MR) is 115 cm³/mol. The molecule has 4 aromatic rings. The molecule has 0 saturated heterocycles. The van der Waals surface area contributed by atoms with Gasteiger partial charge in [-0.1, -0.05) is 35.1 Å². The average Bonchev–Trinajstić information content (AvgIpc) is 3.37. The molecule has 0 aliphatic rings. The summed E-state index contributed by atoms with van der Waals surface area (Å²) in [6.07, 6.45) is 0. The minimum Gasteiger partial charge on any atom is -0.330 e. The van der Waals surface area contributed by atoms with Crippen LogP contribution in [0.25, 0.3) is 23.1 Å². The van der Waals surface area contributed by atoms with E-state index in [1.807, 2.05) is 32.0 Å². The van der Waals surface area contributed by atoms with Crippen molar-refractivity contribution < 1.29 is 13.7 Å². The standard InChI is InChI=1S/C21H19FN6O2S/c1-12-5-4-6-13(2)17(12)23-16(29)11-31-21-26-25-19(28(21)3)20-24-18(27-30-20)14-7-9-15(22)10-8-14/h4-10H,11H2,1-3H3,(H,23,29). The summed E-state index contributed by atoms with van der Waals surface area (Å²) >= 11 is 1.25. The fraction of sp³-hybridized carbons (Fsp3) is 0.190. The van der Waals surface area contributed by atoms with E-state index in [-0.39, 0.29) is 23.4 Å². The number of carbonyl (C=O) groups is 1. The van der Waals surface area contributed by atoms with E-state index in [1.165, 1.54) is 23.9 Å². The number of halogens is 1. The van der Waals surface area contributed by atoms with Crippen molar-refractivity contribution in [3.63, 3.8) is 0 Å². The highest BCUT2D eigenvalue weighted by molar-refractivity contribution is 7.99. The lowest BCUT2D eigenvalue weighted by Gasteiger charge is -2.11. The number of aromatic nitrogens is 5. The number of nitrogens with zero attached hydrogens (tertiary/aromatic N) is 5. The topological polar surface area (TPSA) is 98.7 Å². The van der Waals surface area contributed by atoms with Gasteiger partial charge in [0.1, 0.15) is 5.82 Å². The maximum Gasteiger partial charge on any atom is 0.296 e. The second kappa shape index (κ2) is 8.68. The fourth-order valence-corrected chi connectivity index (χ4v) is 3.69. The summed E-state index contributed by atoms with van der Waals surface area (Å²) in [4.78, 5) is 16.7.